The van der Waals surface area contributed by atoms with E-state index in [4.69, 9.17) is 16.3 Å². The maximum atomic E-state index is 11.3. The number of amides is 1. The van der Waals surface area contributed by atoms with Crippen molar-refractivity contribution >= 4 is 23.4 Å². The Kier molecular flexibility index (Phi) is 5.65. The normalized spacial score (nSPS) is 13.5. The van der Waals surface area contributed by atoms with E-state index in [9.17, 15) is 20.0 Å². The van der Waals surface area contributed by atoms with Gasteiger partial charge in [-0.25, -0.2) is 4.79 Å². The highest BCUT2D eigenvalue weighted by Gasteiger charge is 2.40. The number of nitro benzene ring substituents is 1. The maximum Gasteiger partial charge on any atom is 0.405 e. The molecular weight excluding hydrogens is 372 g/mol. The van der Waals surface area contributed by atoms with Gasteiger partial charge in [-0.1, -0.05) is 44.5 Å². The number of halogens is 1. The molecule has 0 heterocycles. The van der Waals surface area contributed by atoms with Crippen LogP contribution in [0.5, 0.6) is 11.5 Å². The molecule has 2 rings (SSSR count). The molecule has 0 aromatic heterocycles. The Hall–Kier alpha value is -2.80. The van der Waals surface area contributed by atoms with E-state index < -0.39 is 22.0 Å². The van der Waals surface area contributed by atoms with Gasteiger partial charge in [0.25, 0.3) is 0 Å². The summed E-state index contributed by atoms with van der Waals surface area (Å²) in [6, 6.07) is 10.8. The van der Waals surface area contributed by atoms with Gasteiger partial charge in [-0.05, 0) is 36.1 Å². The summed E-state index contributed by atoms with van der Waals surface area (Å²) in [5.74, 6) is 0.342. The fraction of sp³-hybridized carbons (Fsp3) is 0.316. The van der Waals surface area contributed by atoms with Gasteiger partial charge in [0.15, 0.2) is 0 Å². The summed E-state index contributed by atoms with van der Waals surface area (Å²) in [5, 5.41) is 23.4. The molecule has 0 fully saturated rings. The van der Waals surface area contributed by atoms with Crippen molar-refractivity contribution in [3.63, 3.8) is 0 Å². The third-order valence-corrected chi connectivity index (χ3v) is 4.85. The standard InChI is InChI=1S/C19H21ClN2O5/c1-18(2,3)19(4,21-17(23)24)12-6-5-7-14(10-12)27-16-11-13(20)8-9-15(16)22(25)26/h5-11,21H,1-4H3,(H,23,24). The maximum absolute atomic E-state index is 11.3. The van der Waals surface area contributed by atoms with E-state index in [0.717, 1.165) is 0 Å². The predicted molar refractivity (Wildman–Crippen MR) is 103 cm³/mol. The highest BCUT2D eigenvalue weighted by Crippen LogP contribution is 2.41. The summed E-state index contributed by atoms with van der Waals surface area (Å²) in [5.41, 5.74) is -0.920. The Morgan fingerprint density at radius 2 is 1.85 bits per heavy atom. The van der Waals surface area contributed by atoms with Gasteiger partial charge < -0.3 is 15.2 Å². The lowest BCUT2D eigenvalue weighted by Crippen LogP contribution is -2.51. The van der Waals surface area contributed by atoms with E-state index in [0.29, 0.717) is 16.3 Å². The van der Waals surface area contributed by atoms with Crippen LogP contribution in [0, 0.1) is 15.5 Å². The first-order chi connectivity index (χ1) is 12.4. The Balaban J connectivity index is 2.48. The summed E-state index contributed by atoms with van der Waals surface area (Å²) in [6.45, 7) is 7.52. The minimum Gasteiger partial charge on any atom is -0.465 e. The molecule has 1 unspecified atom stereocenters. The van der Waals surface area contributed by atoms with Crippen LogP contribution >= 0.6 is 11.6 Å². The van der Waals surface area contributed by atoms with Crippen LogP contribution in [0.25, 0.3) is 0 Å². The lowest BCUT2D eigenvalue weighted by Gasteiger charge is -2.42. The van der Waals surface area contributed by atoms with Crippen molar-refractivity contribution in [1.29, 1.82) is 0 Å². The van der Waals surface area contributed by atoms with Crippen molar-refractivity contribution in [2.24, 2.45) is 5.41 Å². The van der Waals surface area contributed by atoms with Crippen LogP contribution < -0.4 is 10.1 Å². The van der Waals surface area contributed by atoms with Gasteiger partial charge in [0.1, 0.15) is 5.75 Å². The first kappa shape index (κ1) is 20.5. The van der Waals surface area contributed by atoms with Crippen LogP contribution in [0.1, 0.15) is 33.3 Å². The third-order valence-electron chi connectivity index (χ3n) is 4.61. The van der Waals surface area contributed by atoms with Gasteiger partial charge in [0.05, 0.1) is 10.5 Å². The van der Waals surface area contributed by atoms with Crippen LogP contribution in [0.3, 0.4) is 0 Å². The number of nitrogens with one attached hydrogen (secondary N) is 1. The highest BCUT2D eigenvalue weighted by atomic mass is 35.5. The van der Waals surface area contributed by atoms with E-state index in [1.54, 1.807) is 31.2 Å². The third kappa shape index (κ3) is 4.49. The molecule has 144 valence electrons. The summed E-state index contributed by atoms with van der Waals surface area (Å²) in [6.07, 6.45) is -1.15. The Morgan fingerprint density at radius 1 is 1.19 bits per heavy atom. The summed E-state index contributed by atoms with van der Waals surface area (Å²) in [4.78, 5) is 22.0. The molecule has 0 bridgehead atoms. The quantitative estimate of drug-likeness (QED) is 0.511. The molecule has 2 aromatic carbocycles. The second-order valence-corrected chi connectivity index (χ2v) is 7.74. The zero-order chi connectivity index (χ0) is 20.4. The molecule has 0 saturated heterocycles. The fourth-order valence-corrected chi connectivity index (χ4v) is 2.79. The number of nitro groups is 1. The molecule has 0 radical (unpaired) electrons. The molecule has 2 aromatic rings. The van der Waals surface area contributed by atoms with Gasteiger partial charge >= 0.3 is 11.8 Å². The smallest absolute Gasteiger partial charge is 0.405 e. The van der Waals surface area contributed by atoms with E-state index >= 15 is 0 Å². The van der Waals surface area contributed by atoms with Crippen molar-refractivity contribution in [3.05, 3.63) is 63.2 Å². The number of carboxylic acid groups (broad SMARTS) is 1. The monoisotopic (exact) mass is 392 g/mol. The van der Waals surface area contributed by atoms with Gasteiger partial charge in [-0.3, -0.25) is 10.1 Å². The Morgan fingerprint density at radius 3 is 2.41 bits per heavy atom. The zero-order valence-electron chi connectivity index (χ0n) is 15.4. The van der Waals surface area contributed by atoms with Crippen molar-refractivity contribution in [3.8, 4) is 11.5 Å². The topological polar surface area (TPSA) is 102 Å². The largest absolute Gasteiger partial charge is 0.465 e. The lowest BCUT2D eigenvalue weighted by molar-refractivity contribution is -0.385. The average molecular weight is 393 g/mol. The van der Waals surface area contributed by atoms with Crippen molar-refractivity contribution in [1.82, 2.24) is 5.32 Å². The molecule has 0 aliphatic carbocycles. The number of benzene rings is 2. The molecule has 8 heteroatoms. The minimum atomic E-state index is -1.15. The predicted octanol–water partition coefficient (Wildman–Crippen LogP) is 5.57. The van der Waals surface area contributed by atoms with Crippen LogP contribution in [0.4, 0.5) is 10.5 Å². The molecule has 1 amide bonds. The van der Waals surface area contributed by atoms with Gasteiger partial charge in [-0.15, -0.1) is 0 Å². The molecular formula is C19H21ClN2O5. The molecule has 0 saturated carbocycles. The van der Waals surface area contributed by atoms with Crippen molar-refractivity contribution in [2.75, 3.05) is 0 Å². The van der Waals surface area contributed by atoms with Crippen LogP contribution in [-0.2, 0) is 5.54 Å². The number of ether oxygens (including phenoxy) is 1. The first-order valence-corrected chi connectivity index (χ1v) is 8.55. The van der Waals surface area contributed by atoms with Crippen LogP contribution in [-0.4, -0.2) is 16.1 Å². The van der Waals surface area contributed by atoms with Crippen molar-refractivity contribution < 1.29 is 19.6 Å². The molecule has 0 aliphatic heterocycles. The number of hydrogen-bond acceptors (Lipinski definition) is 4. The first-order valence-electron chi connectivity index (χ1n) is 8.17. The molecule has 2 N–H and O–H groups in total. The molecule has 0 aliphatic rings. The lowest BCUT2D eigenvalue weighted by atomic mass is 9.70. The van der Waals surface area contributed by atoms with E-state index in [2.05, 4.69) is 5.32 Å². The second kappa shape index (κ2) is 7.44. The van der Waals surface area contributed by atoms with E-state index in [1.807, 2.05) is 20.8 Å². The zero-order valence-corrected chi connectivity index (χ0v) is 16.2. The van der Waals surface area contributed by atoms with E-state index in [1.165, 1.54) is 18.2 Å². The minimum absolute atomic E-state index is 0.00769. The Labute approximate surface area is 162 Å². The van der Waals surface area contributed by atoms with Crippen molar-refractivity contribution in [2.45, 2.75) is 33.2 Å². The van der Waals surface area contributed by atoms with Gasteiger partial charge in [0, 0.05) is 17.2 Å². The van der Waals surface area contributed by atoms with Crippen LogP contribution in [0.2, 0.25) is 5.02 Å². The summed E-state index contributed by atoms with van der Waals surface area (Å²) >= 11 is 5.93. The second-order valence-electron chi connectivity index (χ2n) is 7.30. The Bertz CT molecular complexity index is 879. The van der Waals surface area contributed by atoms with Crippen LogP contribution in [0.15, 0.2) is 42.5 Å². The highest BCUT2D eigenvalue weighted by molar-refractivity contribution is 6.30. The molecule has 7 nitrogen and oxygen atoms in total. The summed E-state index contributed by atoms with van der Waals surface area (Å²) in [7, 11) is 0. The van der Waals surface area contributed by atoms with Gasteiger partial charge in [-0.2, -0.15) is 0 Å². The summed E-state index contributed by atoms with van der Waals surface area (Å²) < 4.78 is 5.70. The van der Waals surface area contributed by atoms with E-state index in [-0.39, 0.29) is 11.4 Å². The number of nitrogens with zero attached hydrogens (tertiary/aromatic N) is 1. The SMILES string of the molecule is CC(C)(C)C(C)(NC(=O)O)c1cccc(Oc2cc(Cl)ccc2[N+](=O)[O-])c1. The number of rotatable bonds is 5. The molecule has 27 heavy (non-hydrogen) atoms. The number of hydrogen-bond donors (Lipinski definition) is 2. The fourth-order valence-electron chi connectivity index (χ4n) is 2.62. The average Bonchev–Trinajstić information content (AvgIpc) is 2.53. The molecule has 0 spiro atoms. The van der Waals surface area contributed by atoms with Gasteiger partial charge in [0.2, 0.25) is 5.75 Å². The molecule has 1 atom stereocenters. The number of carbonyl (C=O) groups is 1.